The number of ether oxygens (including phenoxy) is 4. The Kier molecular flexibility index (Phi) is 8.06. The smallest absolute Gasteiger partial charge is 0.167 e. The lowest BCUT2D eigenvalue weighted by Crippen LogP contribution is -2.38. The third-order valence-electron chi connectivity index (χ3n) is 6.91. The van der Waals surface area contributed by atoms with Crippen molar-refractivity contribution in [3.63, 3.8) is 0 Å². The Morgan fingerprint density at radius 2 is 1.27 bits per heavy atom. The number of nitrogens with zero attached hydrogens (tertiary/aromatic N) is 4. The van der Waals surface area contributed by atoms with Crippen LogP contribution in [0, 0.1) is 0 Å². The highest BCUT2D eigenvalue weighted by molar-refractivity contribution is 5.81. The molecule has 9 nitrogen and oxygen atoms in total. The molecule has 0 unspecified atom stereocenters. The van der Waals surface area contributed by atoms with E-state index in [0.29, 0.717) is 43.4 Å². The molecule has 0 amide bonds. The molecular weight excluding hydrogens is 506 g/mol. The summed E-state index contributed by atoms with van der Waals surface area (Å²) in [6.45, 7) is 1.57. The third kappa shape index (κ3) is 5.88. The summed E-state index contributed by atoms with van der Waals surface area (Å²) in [7, 11) is 0. The van der Waals surface area contributed by atoms with Crippen LogP contribution in [-0.2, 0) is 38.8 Å². The Balaban J connectivity index is 1.29. The second-order valence-corrected chi connectivity index (χ2v) is 9.67. The molecule has 9 heteroatoms. The number of fused-ring (bicyclic) bond motifs is 1. The SMILES string of the molecule is Nc1ncnc2c1ncn2[C@@H]1O[C@H](COCc2ccccc2)[C@H](OCc2ccccc2)[C@H]1OCc1ccccc1. The third-order valence-corrected chi connectivity index (χ3v) is 6.91. The first-order chi connectivity index (χ1) is 19.8. The quantitative estimate of drug-likeness (QED) is 0.259. The minimum Gasteiger partial charge on any atom is -0.382 e. The van der Waals surface area contributed by atoms with Gasteiger partial charge in [-0.15, -0.1) is 0 Å². The standard InChI is InChI=1S/C31H31N5O4/c32-29-26-30(34-20-33-29)36(21-35-26)31-28(39-18-24-14-8-3-9-15-24)27(38-17-23-12-6-2-7-13-23)25(40-31)19-37-16-22-10-4-1-5-11-22/h1-15,20-21,25,27-28,31H,16-19H2,(H2,32,33,34)/t25-,27+,28-,31-/m1/s1. The summed E-state index contributed by atoms with van der Waals surface area (Å²) in [5, 5.41) is 0. The highest BCUT2D eigenvalue weighted by Crippen LogP contribution is 2.37. The number of benzene rings is 3. The molecule has 1 aliphatic rings. The fraction of sp³-hybridized carbons (Fsp3) is 0.258. The van der Waals surface area contributed by atoms with E-state index in [0.717, 1.165) is 16.7 Å². The van der Waals surface area contributed by atoms with Crippen molar-refractivity contribution in [3.8, 4) is 0 Å². The number of nitrogens with two attached hydrogens (primary N) is 1. The van der Waals surface area contributed by atoms with Crippen molar-refractivity contribution >= 4 is 17.0 Å². The molecule has 1 fully saturated rings. The second-order valence-electron chi connectivity index (χ2n) is 9.67. The fourth-order valence-corrected chi connectivity index (χ4v) is 4.90. The molecular formula is C31H31N5O4. The van der Waals surface area contributed by atoms with E-state index in [1.54, 1.807) is 6.33 Å². The van der Waals surface area contributed by atoms with Gasteiger partial charge < -0.3 is 24.7 Å². The Morgan fingerprint density at radius 3 is 1.90 bits per heavy atom. The van der Waals surface area contributed by atoms with Crippen molar-refractivity contribution in [2.45, 2.75) is 44.4 Å². The predicted octanol–water partition coefficient (Wildman–Crippen LogP) is 4.69. The van der Waals surface area contributed by atoms with Crippen molar-refractivity contribution in [3.05, 3.63) is 120 Å². The van der Waals surface area contributed by atoms with Gasteiger partial charge in [-0.1, -0.05) is 91.0 Å². The van der Waals surface area contributed by atoms with Gasteiger partial charge in [-0.3, -0.25) is 4.57 Å². The maximum Gasteiger partial charge on any atom is 0.167 e. The highest BCUT2D eigenvalue weighted by Gasteiger charge is 2.48. The van der Waals surface area contributed by atoms with Crippen LogP contribution in [0.25, 0.3) is 11.2 Å². The molecule has 2 N–H and O–H groups in total. The van der Waals surface area contributed by atoms with Crippen molar-refractivity contribution in [1.82, 2.24) is 19.5 Å². The van der Waals surface area contributed by atoms with E-state index >= 15 is 0 Å². The highest BCUT2D eigenvalue weighted by atomic mass is 16.6. The van der Waals surface area contributed by atoms with Crippen LogP contribution in [0.1, 0.15) is 22.9 Å². The average molecular weight is 538 g/mol. The summed E-state index contributed by atoms with van der Waals surface area (Å²) in [4.78, 5) is 13.0. The summed E-state index contributed by atoms with van der Waals surface area (Å²) < 4.78 is 27.7. The van der Waals surface area contributed by atoms with Crippen molar-refractivity contribution in [2.75, 3.05) is 12.3 Å². The zero-order valence-electron chi connectivity index (χ0n) is 22.0. The van der Waals surface area contributed by atoms with E-state index in [1.165, 1.54) is 6.33 Å². The summed E-state index contributed by atoms with van der Waals surface area (Å²) in [5.74, 6) is 0.308. The molecule has 1 saturated heterocycles. The fourth-order valence-electron chi connectivity index (χ4n) is 4.90. The number of hydrogen-bond acceptors (Lipinski definition) is 8. The minimum absolute atomic E-state index is 0.308. The van der Waals surface area contributed by atoms with Gasteiger partial charge in [-0.25, -0.2) is 15.0 Å². The molecule has 0 bridgehead atoms. The number of nitrogen functional groups attached to an aromatic ring is 1. The van der Waals surface area contributed by atoms with Gasteiger partial charge in [0.25, 0.3) is 0 Å². The first-order valence-corrected chi connectivity index (χ1v) is 13.3. The molecule has 0 spiro atoms. The maximum absolute atomic E-state index is 6.64. The van der Waals surface area contributed by atoms with Crippen LogP contribution in [-0.4, -0.2) is 44.4 Å². The van der Waals surface area contributed by atoms with Gasteiger partial charge in [0.2, 0.25) is 0 Å². The molecule has 40 heavy (non-hydrogen) atoms. The van der Waals surface area contributed by atoms with Gasteiger partial charge >= 0.3 is 0 Å². The number of hydrogen-bond donors (Lipinski definition) is 1. The van der Waals surface area contributed by atoms with Crippen LogP contribution in [0.2, 0.25) is 0 Å². The molecule has 4 atom stereocenters. The Labute approximate surface area is 232 Å². The molecule has 204 valence electrons. The second kappa shape index (κ2) is 12.4. The van der Waals surface area contributed by atoms with E-state index < -0.39 is 24.5 Å². The van der Waals surface area contributed by atoms with Crippen LogP contribution in [0.4, 0.5) is 5.82 Å². The Bertz CT molecular complexity index is 1500. The summed E-state index contributed by atoms with van der Waals surface area (Å²) in [6, 6.07) is 30.2. The van der Waals surface area contributed by atoms with Crippen LogP contribution in [0.15, 0.2) is 104 Å². The van der Waals surface area contributed by atoms with Gasteiger partial charge in [0.1, 0.15) is 30.2 Å². The molecule has 0 saturated carbocycles. The van der Waals surface area contributed by atoms with Crippen molar-refractivity contribution in [2.24, 2.45) is 0 Å². The van der Waals surface area contributed by atoms with E-state index in [4.69, 9.17) is 24.7 Å². The van der Waals surface area contributed by atoms with Gasteiger partial charge in [0, 0.05) is 0 Å². The zero-order valence-corrected chi connectivity index (χ0v) is 22.0. The lowest BCUT2D eigenvalue weighted by atomic mass is 10.1. The predicted molar refractivity (Wildman–Crippen MR) is 150 cm³/mol. The number of aromatic nitrogens is 4. The van der Waals surface area contributed by atoms with Gasteiger partial charge in [-0.2, -0.15) is 0 Å². The lowest BCUT2D eigenvalue weighted by molar-refractivity contribution is -0.0913. The summed E-state index contributed by atoms with van der Waals surface area (Å²) in [5.41, 5.74) is 10.4. The molecule has 6 rings (SSSR count). The first kappa shape index (κ1) is 26.1. The average Bonchev–Trinajstić information content (AvgIpc) is 3.58. The topological polar surface area (TPSA) is 107 Å². The molecule has 5 aromatic rings. The molecule has 2 aromatic heterocycles. The van der Waals surface area contributed by atoms with Crippen LogP contribution in [0.3, 0.4) is 0 Å². The Morgan fingerprint density at radius 1 is 0.700 bits per heavy atom. The van der Waals surface area contributed by atoms with Crippen LogP contribution in [0.5, 0.6) is 0 Å². The molecule has 3 aromatic carbocycles. The number of imidazole rings is 1. The molecule has 0 radical (unpaired) electrons. The van der Waals surface area contributed by atoms with E-state index in [-0.39, 0.29) is 0 Å². The van der Waals surface area contributed by atoms with E-state index in [9.17, 15) is 0 Å². The zero-order chi connectivity index (χ0) is 27.1. The lowest BCUT2D eigenvalue weighted by Gasteiger charge is -2.25. The molecule has 0 aliphatic carbocycles. The monoisotopic (exact) mass is 537 g/mol. The first-order valence-electron chi connectivity index (χ1n) is 13.3. The van der Waals surface area contributed by atoms with E-state index in [2.05, 4.69) is 15.0 Å². The van der Waals surface area contributed by atoms with Crippen molar-refractivity contribution < 1.29 is 18.9 Å². The summed E-state index contributed by atoms with van der Waals surface area (Å²) >= 11 is 0. The number of rotatable bonds is 11. The minimum atomic E-state index is -0.575. The summed E-state index contributed by atoms with van der Waals surface area (Å²) in [6.07, 6.45) is 1.20. The maximum atomic E-state index is 6.64. The number of anilines is 1. The largest absolute Gasteiger partial charge is 0.382 e. The van der Waals surface area contributed by atoms with Crippen molar-refractivity contribution in [1.29, 1.82) is 0 Å². The van der Waals surface area contributed by atoms with E-state index in [1.807, 2.05) is 95.6 Å². The molecule has 3 heterocycles. The Hall–Kier alpha value is -4.15. The molecule has 1 aliphatic heterocycles. The van der Waals surface area contributed by atoms with Gasteiger partial charge in [-0.05, 0) is 16.7 Å². The van der Waals surface area contributed by atoms with Crippen LogP contribution < -0.4 is 5.73 Å². The van der Waals surface area contributed by atoms with Gasteiger partial charge in [0.15, 0.2) is 17.7 Å². The van der Waals surface area contributed by atoms with Crippen LogP contribution >= 0.6 is 0 Å². The van der Waals surface area contributed by atoms with Gasteiger partial charge in [0.05, 0.1) is 32.8 Å². The normalized spacial score (nSPS) is 20.7.